The van der Waals surface area contributed by atoms with E-state index in [4.69, 9.17) is 10.6 Å². The maximum absolute atomic E-state index is 12.1. The smallest absolute Gasteiger partial charge is 0.298 e. The molecule has 0 aliphatic heterocycles. The van der Waals surface area contributed by atoms with E-state index >= 15 is 0 Å². The highest BCUT2D eigenvalue weighted by Crippen LogP contribution is 2.20. The second-order valence-corrected chi connectivity index (χ2v) is 3.56. The van der Waals surface area contributed by atoms with E-state index in [1.165, 1.54) is 12.2 Å². The molecule has 0 radical (unpaired) electrons. The highest BCUT2D eigenvalue weighted by molar-refractivity contribution is 6.04. The van der Waals surface area contributed by atoms with Crippen LogP contribution in [0.3, 0.4) is 0 Å². The van der Waals surface area contributed by atoms with E-state index in [1.54, 1.807) is 18.2 Å². The predicted molar refractivity (Wildman–Crippen MR) is 64.2 cm³/mol. The number of H-pyrrole nitrogens is 1. The number of hydroxylamine groups is 2. The van der Waals surface area contributed by atoms with Crippen LogP contribution >= 0.6 is 0 Å². The molecule has 0 unspecified atom stereocenters. The van der Waals surface area contributed by atoms with Gasteiger partial charge in [-0.05, 0) is 25.1 Å². The van der Waals surface area contributed by atoms with Gasteiger partial charge in [-0.2, -0.15) is 5.10 Å². The molecule has 0 bridgehead atoms. The van der Waals surface area contributed by atoms with Gasteiger partial charge in [-0.1, -0.05) is 0 Å². The van der Waals surface area contributed by atoms with E-state index < -0.39 is 0 Å². The summed E-state index contributed by atoms with van der Waals surface area (Å²) in [4.78, 5) is 17.0. The molecule has 0 spiro atoms. The zero-order valence-electron chi connectivity index (χ0n) is 9.73. The molecular weight excluding hydrogens is 220 g/mol. The fourth-order valence-corrected chi connectivity index (χ4v) is 1.67. The van der Waals surface area contributed by atoms with Gasteiger partial charge >= 0.3 is 0 Å². The van der Waals surface area contributed by atoms with Crippen molar-refractivity contribution in [2.24, 2.45) is 0 Å². The summed E-state index contributed by atoms with van der Waals surface area (Å²) in [5.41, 5.74) is 7.38. The highest BCUT2D eigenvalue weighted by Gasteiger charge is 2.19. The van der Waals surface area contributed by atoms with Gasteiger partial charge in [0.15, 0.2) is 5.69 Å². The minimum absolute atomic E-state index is 0.285. The van der Waals surface area contributed by atoms with Crippen LogP contribution in [0.4, 0.5) is 5.69 Å². The average molecular weight is 234 g/mol. The van der Waals surface area contributed by atoms with E-state index in [2.05, 4.69) is 10.2 Å². The van der Waals surface area contributed by atoms with Gasteiger partial charge < -0.3 is 5.73 Å². The first-order valence-corrected chi connectivity index (χ1v) is 5.27. The Morgan fingerprint density at radius 1 is 1.59 bits per heavy atom. The van der Waals surface area contributed by atoms with Crippen LogP contribution in [0.1, 0.15) is 17.4 Å². The molecule has 0 atom stereocenters. The van der Waals surface area contributed by atoms with Gasteiger partial charge in [0.1, 0.15) is 0 Å². The molecule has 0 saturated carbocycles. The van der Waals surface area contributed by atoms with Crippen molar-refractivity contribution in [2.45, 2.75) is 6.92 Å². The summed E-state index contributed by atoms with van der Waals surface area (Å²) in [5, 5.41) is 8.73. The van der Waals surface area contributed by atoms with Gasteiger partial charge in [0.05, 0.1) is 12.6 Å². The number of nitrogens with zero attached hydrogens (tertiary/aromatic N) is 2. The van der Waals surface area contributed by atoms with Gasteiger partial charge in [0, 0.05) is 17.6 Å². The summed E-state index contributed by atoms with van der Waals surface area (Å²) in [7, 11) is 1.45. The molecule has 1 amide bonds. The summed E-state index contributed by atoms with van der Waals surface area (Å²) in [5.74, 6) is -0.285. The number of aromatic nitrogens is 2. The van der Waals surface area contributed by atoms with Gasteiger partial charge in [-0.15, -0.1) is 0 Å². The van der Waals surface area contributed by atoms with Crippen molar-refractivity contribution >= 4 is 22.5 Å². The Kier molecular flexibility index (Phi) is 2.97. The lowest BCUT2D eigenvalue weighted by Gasteiger charge is -2.15. The zero-order valence-corrected chi connectivity index (χ0v) is 9.73. The van der Waals surface area contributed by atoms with Crippen LogP contribution < -0.4 is 5.73 Å². The molecule has 90 valence electrons. The highest BCUT2D eigenvalue weighted by atomic mass is 16.7. The Labute approximate surface area is 98.3 Å². The topological polar surface area (TPSA) is 84.2 Å². The summed E-state index contributed by atoms with van der Waals surface area (Å²) >= 11 is 0. The number of rotatable bonds is 3. The second-order valence-electron chi connectivity index (χ2n) is 3.56. The number of carbonyl (C=O) groups excluding carboxylic acids is 1. The fraction of sp³-hybridized carbons (Fsp3) is 0.273. The first-order valence-electron chi connectivity index (χ1n) is 5.27. The van der Waals surface area contributed by atoms with E-state index in [0.29, 0.717) is 23.3 Å². The third kappa shape index (κ3) is 1.94. The number of amides is 1. The lowest BCUT2D eigenvalue weighted by atomic mass is 10.2. The minimum Gasteiger partial charge on any atom is -0.399 e. The normalized spacial score (nSPS) is 10.7. The number of aromatic amines is 1. The van der Waals surface area contributed by atoms with Crippen LogP contribution in [0.25, 0.3) is 10.9 Å². The molecule has 0 saturated heterocycles. The maximum Gasteiger partial charge on any atom is 0.298 e. The van der Waals surface area contributed by atoms with Crippen LogP contribution in [0.2, 0.25) is 0 Å². The summed E-state index contributed by atoms with van der Waals surface area (Å²) in [6.07, 6.45) is 0. The van der Waals surface area contributed by atoms with Crippen LogP contribution in [-0.2, 0) is 4.84 Å². The molecule has 2 aromatic rings. The number of hydrogen-bond acceptors (Lipinski definition) is 4. The van der Waals surface area contributed by atoms with Crippen molar-refractivity contribution in [2.75, 3.05) is 19.4 Å². The number of nitrogens with one attached hydrogen (secondary N) is 1. The number of fused-ring (bicyclic) bond motifs is 1. The standard InChI is InChI=1S/C11H14N4O2/c1-3-15(17-2)11(16)10-8-6-7(12)4-5-9(8)13-14-10/h4-6H,3,12H2,1-2H3,(H,13,14). The number of nitrogens with two attached hydrogens (primary N) is 1. The van der Waals surface area contributed by atoms with E-state index in [1.807, 2.05) is 6.92 Å². The largest absolute Gasteiger partial charge is 0.399 e. The van der Waals surface area contributed by atoms with Crippen LogP contribution in [0, 0.1) is 0 Å². The average Bonchev–Trinajstić information content (AvgIpc) is 2.73. The Hall–Kier alpha value is -2.08. The van der Waals surface area contributed by atoms with Crippen molar-refractivity contribution in [3.63, 3.8) is 0 Å². The number of hydrogen-bond donors (Lipinski definition) is 2. The van der Waals surface area contributed by atoms with E-state index in [-0.39, 0.29) is 5.91 Å². The number of carbonyl (C=O) groups is 1. The van der Waals surface area contributed by atoms with Crippen LogP contribution in [0.5, 0.6) is 0 Å². The van der Waals surface area contributed by atoms with Gasteiger partial charge in [-0.3, -0.25) is 14.7 Å². The molecular formula is C11H14N4O2. The molecule has 3 N–H and O–H groups in total. The van der Waals surface area contributed by atoms with Crippen molar-refractivity contribution < 1.29 is 9.63 Å². The van der Waals surface area contributed by atoms with Gasteiger partial charge in [0.25, 0.3) is 5.91 Å². The lowest BCUT2D eigenvalue weighted by molar-refractivity contribution is -0.0917. The first-order chi connectivity index (χ1) is 8.17. The summed E-state index contributed by atoms with van der Waals surface area (Å²) < 4.78 is 0. The fourth-order valence-electron chi connectivity index (χ4n) is 1.67. The molecule has 2 rings (SSSR count). The first kappa shape index (κ1) is 11.4. The zero-order chi connectivity index (χ0) is 12.4. The minimum atomic E-state index is -0.285. The predicted octanol–water partition coefficient (Wildman–Crippen LogP) is 1.17. The SMILES string of the molecule is CCN(OC)C(=O)c1n[nH]c2ccc(N)cc12. The Morgan fingerprint density at radius 3 is 3.00 bits per heavy atom. The Balaban J connectivity index is 2.48. The molecule has 1 aromatic heterocycles. The number of benzene rings is 1. The van der Waals surface area contributed by atoms with Crippen molar-refractivity contribution in [3.8, 4) is 0 Å². The molecule has 6 nitrogen and oxygen atoms in total. The summed E-state index contributed by atoms with van der Waals surface area (Å²) in [6, 6.07) is 5.26. The number of anilines is 1. The van der Waals surface area contributed by atoms with Crippen LogP contribution in [-0.4, -0.2) is 34.8 Å². The molecule has 1 heterocycles. The molecule has 6 heteroatoms. The molecule has 1 aromatic carbocycles. The maximum atomic E-state index is 12.1. The lowest BCUT2D eigenvalue weighted by Crippen LogP contribution is -2.30. The van der Waals surface area contributed by atoms with Crippen molar-refractivity contribution in [1.29, 1.82) is 0 Å². The molecule has 0 aliphatic rings. The van der Waals surface area contributed by atoms with Crippen molar-refractivity contribution in [3.05, 3.63) is 23.9 Å². The molecule has 0 aliphatic carbocycles. The third-order valence-corrected chi connectivity index (χ3v) is 2.52. The van der Waals surface area contributed by atoms with Crippen LogP contribution in [0.15, 0.2) is 18.2 Å². The Morgan fingerprint density at radius 2 is 2.35 bits per heavy atom. The quantitative estimate of drug-likeness (QED) is 0.616. The number of nitrogen functional groups attached to an aromatic ring is 1. The van der Waals surface area contributed by atoms with Gasteiger partial charge in [-0.25, -0.2) is 5.06 Å². The van der Waals surface area contributed by atoms with E-state index in [9.17, 15) is 4.79 Å². The summed E-state index contributed by atoms with van der Waals surface area (Å²) in [6.45, 7) is 2.27. The monoisotopic (exact) mass is 234 g/mol. The Bertz CT molecular complexity index is 545. The molecule has 0 fully saturated rings. The molecule has 17 heavy (non-hydrogen) atoms. The van der Waals surface area contributed by atoms with Gasteiger partial charge in [0.2, 0.25) is 0 Å². The van der Waals surface area contributed by atoms with E-state index in [0.717, 1.165) is 5.52 Å². The van der Waals surface area contributed by atoms with Crippen molar-refractivity contribution in [1.82, 2.24) is 15.3 Å². The second kappa shape index (κ2) is 4.42. The third-order valence-electron chi connectivity index (χ3n) is 2.52.